The van der Waals surface area contributed by atoms with Crippen LogP contribution in [0.25, 0.3) is 0 Å². The molecule has 26 heavy (non-hydrogen) atoms. The van der Waals surface area contributed by atoms with Gasteiger partial charge in [0.05, 0.1) is 6.04 Å². The molecule has 1 rings (SSSR count). The van der Waals surface area contributed by atoms with Crippen LogP contribution in [0.15, 0.2) is 0 Å². The number of carboxylic acid groups (broad SMARTS) is 1. The Morgan fingerprint density at radius 2 is 1.69 bits per heavy atom. The van der Waals surface area contributed by atoms with E-state index >= 15 is 0 Å². The maximum absolute atomic E-state index is 12.3. The molecule has 0 aliphatic heterocycles. The molecular formula is C19H35N3O4. The molecule has 1 saturated carbocycles. The van der Waals surface area contributed by atoms with E-state index in [0.29, 0.717) is 25.3 Å². The minimum Gasteiger partial charge on any atom is -0.480 e. The number of amides is 2. The van der Waals surface area contributed by atoms with Gasteiger partial charge in [-0.1, -0.05) is 34.1 Å². The largest absolute Gasteiger partial charge is 0.480 e. The number of nitrogens with one attached hydrogen (secondary N) is 2. The van der Waals surface area contributed by atoms with Gasteiger partial charge >= 0.3 is 5.97 Å². The van der Waals surface area contributed by atoms with Crippen molar-refractivity contribution in [1.29, 1.82) is 0 Å². The summed E-state index contributed by atoms with van der Waals surface area (Å²) in [4.78, 5) is 35.6. The molecule has 0 spiro atoms. The lowest BCUT2D eigenvalue weighted by Gasteiger charge is -2.29. The Kier molecular flexibility index (Phi) is 9.05. The van der Waals surface area contributed by atoms with Crippen LogP contribution in [-0.2, 0) is 14.4 Å². The quantitative estimate of drug-likeness (QED) is 0.491. The molecule has 0 bridgehead atoms. The molecule has 1 unspecified atom stereocenters. The molecule has 7 nitrogen and oxygen atoms in total. The van der Waals surface area contributed by atoms with Crippen LogP contribution in [0.5, 0.6) is 0 Å². The second kappa shape index (κ2) is 10.5. The second-order valence-electron chi connectivity index (χ2n) is 7.94. The Hall–Kier alpha value is -1.63. The molecule has 1 fully saturated rings. The third kappa shape index (κ3) is 6.59. The number of carbonyl (C=O) groups excluding carboxylic acids is 2. The fourth-order valence-electron chi connectivity index (χ4n) is 3.29. The van der Waals surface area contributed by atoms with Crippen LogP contribution in [-0.4, -0.2) is 41.5 Å². The Balaban J connectivity index is 2.39. The highest BCUT2D eigenvalue weighted by atomic mass is 16.4. The minimum atomic E-state index is -0.998. The Morgan fingerprint density at radius 1 is 1.12 bits per heavy atom. The van der Waals surface area contributed by atoms with Crippen molar-refractivity contribution in [2.75, 3.05) is 6.54 Å². The zero-order valence-electron chi connectivity index (χ0n) is 16.5. The number of rotatable bonds is 9. The highest BCUT2D eigenvalue weighted by Crippen LogP contribution is 2.28. The van der Waals surface area contributed by atoms with Crippen LogP contribution in [0, 0.1) is 23.7 Å². The van der Waals surface area contributed by atoms with Crippen LogP contribution < -0.4 is 16.4 Å². The van der Waals surface area contributed by atoms with Crippen molar-refractivity contribution in [3.8, 4) is 0 Å². The summed E-state index contributed by atoms with van der Waals surface area (Å²) < 4.78 is 0. The molecule has 2 amide bonds. The molecule has 0 saturated heterocycles. The SMILES string of the molecule is CCC(C)[C@H](N)C(=O)NCC1CCC(C(=O)N[C@H](C(=O)O)C(C)C)CC1. The van der Waals surface area contributed by atoms with E-state index in [-0.39, 0.29) is 29.6 Å². The molecular weight excluding hydrogens is 334 g/mol. The lowest BCUT2D eigenvalue weighted by atomic mass is 9.81. The van der Waals surface area contributed by atoms with Crippen molar-refractivity contribution in [1.82, 2.24) is 10.6 Å². The van der Waals surface area contributed by atoms with Crippen LogP contribution in [0.2, 0.25) is 0 Å². The number of carbonyl (C=O) groups is 3. The van der Waals surface area contributed by atoms with Crippen molar-refractivity contribution in [2.24, 2.45) is 29.4 Å². The van der Waals surface area contributed by atoms with E-state index < -0.39 is 18.1 Å². The van der Waals surface area contributed by atoms with Gasteiger partial charge in [-0.25, -0.2) is 4.79 Å². The lowest BCUT2D eigenvalue weighted by Crippen LogP contribution is -2.48. The van der Waals surface area contributed by atoms with Gasteiger partial charge in [-0.05, 0) is 43.4 Å². The minimum absolute atomic E-state index is 0.111. The van der Waals surface area contributed by atoms with E-state index in [0.717, 1.165) is 19.3 Å². The predicted molar refractivity (Wildman–Crippen MR) is 100 cm³/mol. The van der Waals surface area contributed by atoms with E-state index in [1.165, 1.54) is 0 Å². The van der Waals surface area contributed by atoms with Gasteiger partial charge in [-0.2, -0.15) is 0 Å². The molecule has 0 aromatic carbocycles. The highest BCUT2D eigenvalue weighted by Gasteiger charge is 2.31. The van der Waals surface area contributed by atoms with Gasteiger partial charge in [-0.3, -0.25) is 9.59 Å². The topological polar surface area (TPSA) is 122 Å². The highest BCUT2D eigenvalue weighted by molar-refractivity contribution is 5.85. The molecule has 7 heteroatoms. The Labute approximate surface area is 156 Å². The van der Waals surface area contributed by atoms with Crippen molar-refractivity contribution in [2.45, 2.75) is 71.9 Å². The van der Waals surface area contributed by atoms with Crippen molar-refractivity contribution >= 4 is 17.8 Å². The number of hydrogen-bond acceptors (Lipinski definition) is 4. The molecule has 0 radical (unpaired) electrons. The monoisotopic (exact) mass is 369 g/mol. The molecule has 1 aliphatic rings. The summed E-state index contributed by atoms with van der Waals surface area (Å²) in [7, 11) is 0. The molecule has 0 aromatic rings. The molecule has 1 aliphatic carbocycles. The third-order valence-electron chi connectivity index (χ3n) is 5.57. The zero-order valence-corrected chi connectivity index (χ0v) is 16.5. The van der Waals surface area contributed by atoms with Gasteiger partial charge in [0, 0.05) is 12.5 Å². The Morgan fingerprint density at radius 3 is 2.15 bits per heavy atom. The van der Waals surface area contributed by atoms with Gasteiger partial charge in [0.15, 0.2) is 0 Å². The summed E-state index contributed by atoms with van der Waals surface area (Å²) in [6, 6.07) is -1.33. The van der Waals surface area contributed by atoms with Crippen LogP contribution in [0.4, 0.5) is 0 Å². The summed E-state index contributed by atoms with van der Waals surface area (Å²) in [5, 5.41) is 14.8. The molecule has 0 heterocycles. The first kappa shape index (κ1) is 22.4. The van der Waals surface area contributed by atoms with Gasteiger partial charge in [0.2, 0.25) is 11.8 Å². The number of carboxylic acids is 1. The van der Waals surface area contributed by atoms with Gasteiger partial charge in [0.25, 0.3) is 0 Å². The van der Waals surface area contributed by atoms with Crippen molar-refractivity contribution in [3.63, 3.8) is 0 Å². The van der Waals surface area contributed by atoms with Crippen LogP contribution in [0.1, 0.15) is 59.8 Å². The van der Waals surface area contributed by atoms with E-state index in [2.05, 4.69) is 10.6 Å². The normalized spacial score (nSPS) is 23.8. The third-order valence-corrected chi connectivity index (χ3v) is 5.57. The van der Waals surface area contributed by atoms with Crippen molar-refractivity contribution in [3.05, 3.63) is 0 Å². The number of nitrogens with two attached hydrogens (primary N) is 1. The maximum atomic E-state index is 12.3. The molecule has 5 N–H and O–H groups in total. The van der Waals surface area contributed by atoms with E-state index in [1.54, 1.807) is 13.8 Å². The van der Waals surface area contributed by atoms with Crippen LogP contribution >= 0.6 is 0 Å². The fraction of sp³-hybridized carbons (Fsp3) is 0.842. The van der Waals surface area contributed by atoms with Crippen molar-refractivity contribution < 1.29 is 19.5 Å². The average molecular weight is 370 g/mol. The van der Waals surface area contributed by atoms with E-state index in [1.807, 2.05) is 13.8 Å². The Bertz CT molecular complexity index is 487. The first-order valence-corrected chi connectivity index (χ1v) is 9.73. The first-order chi connectivity index (χ1) is 12.2. The maximum Gasteiger partial charge on any atom is 0.326 e. The predicted octanol–water partition coefficient (Wildman–Crippen LogP) is 1.51. The number of aliphatic carboxylic acids is 1. The molecule has 150 valence electrons. The smallest absolute Gasteiger partial charge is 0.326 e. The first-order valence-electron chi connectivity index (χ1n) is 9.73. The summed E-state index contributed by atoms with van der Waals surface area (Å²) in [5.41, 5.74) is 5.93. The van der Waals surface area contributed by atoms with Gasteiger partial charge in [0.1, 0.15) is 6.04 Å². The van der Waals surface area contributed by atoms with Gasteiger partial charge in [-0.15, -0.1) is 0 Å². The summed E-state index contributed by atoms with van der Waals surface area (Å²) in [6.45, 7) is 8.13. The summed E-state index contributed by atoms with van der Waals surface area (Å²) >= 11 is 0. The summed E-state index contributed by atoms with van der Waals surface area (Å²) in [6.07, 6.45) is 3.98. The van der Waals surface area contributed by atoms with Gasteiger partial charge < -0.3 is 21.5 Å². The average Bonchev–Trinajstić information content (AvgIpc) is 2.62. The molecule has 0 aromatic heterocycles. The fourth-order valence-corrected chi connectivity index (χ4v) is 3.29. The lowest BCUT2D eigenvalue weighted by molar-refractivity contribution is -0.144. The van der Waals surface area contributed by atoms with Crippen LogP contribution in [0.3, 0.4) is 0 Å². The standard InChI is InChI=1S/C19H35N3O4/c1-5-12(4)15(20)18(24)21-10-13-6-8-14(9-7-13)17(23)22-16(11(2)3)19(25)26/h11-16H,5-10,20H2,1-4H3,(H,21,24)(H,22,23)(H,25,26)/t12?,13?,14?,15-,16-/m0/s1. The van der Waals surface area contributed by atoms with E-state index in [4.69, 9.17) is 5.73 Å². The molecule has 3 atom stereocenters. The van der Waals surface area contributed by atoms with E-state index in [9.17, 15) is 19.5 Å². The number of hydrogen-bond donors (Lipinski definition) is 4. The zero-order chi connectivity index (χ0) is 19.9. The summed E-state index contributed by atoms with van der Waals surface area (Å²) in [5.74, 6) is -1.09. The second-order valence-corrected chi connectivity index (χ2v) is 7.94.